The van der Waals surface area contributed by atoms with Gasteiger partial charge in [-0.15, -0.1) is 0 Å². The Hall–Kier alpha value is -1.75. The van der Waals surface area contributed by atoms with Gasteiger partial charge in [0.05, 0.1) is 11.1 Å². The predicted octanol–water partition coefficient (Wildman–Crippen LogP) is 2.26. The van der Waals surface area contributed by atoms with Gasteiger partial charge in [0.15, 0.2) is 0 Å². The second kappa shape index (κ2) is 3.63. The molecule has 17 heavy (non-hydrogen) atoms. The first-order valence-corrected chi connectivity index (χ1v) is 6.34. The van der Waals surface area contributed by atoms with Crippen molar-refractivity contribution in [1.29, 1.82) is 0 Å². The molecule has 0 amide bonds. The molecule has 0 aliphatic carbocycles. The predicted molar refractivity (Wildman–Crippen MR) is 68.1 cm³/mol. The highest BCUT2D eigenvalue weighted by molar-refractivity contribution is 7.98. The molecule has 5 heteroatoms. The molecule has 0 bridgehead atoms. The van der Waals surface area contributed by atoms with Gasteiger partial charge in [-0.1, -0.05) is 0 Å². The van der Waals surface area contributed by atoms with E-state index in [1.54, 1.807) is 30.0 Å². The lowest BCUT2D eigenvalue weighted by Gasteiger charge is -2.07. The average molecular weight is 246 g/mol. The average Bonchev–Trinajstić information content (AvgIpc) is 2.78. The van der Waals surface area contributed by atoms with E-state index < -0.39 is 5.97 Å². The second-order valence-electron chi connectivity index (χ2n) is 3.98. The Morgan fingerprint density at radius 1 is 1.35 bits per heavy atom. The Kier molecular flexibility index (Phi) is 2.22. The molecule has 2 heterocycles. The normalized spacial score (nSPS) is 13.9. The minimum Gasteiger partial charge on any atom is -0.478 e. The number of pyridine rings is 1. The Morgan fingerprint density at radius 2 is 2.12 bits per heavy atom. The fourth-order valence-electron chi connectivity index (χ4n) is 2.10. The van der Waals surface area contributed by atoms with Crippen molar-refractivity contribution in [2.75, 3.05) is 5.73 Å². The number of carboxylic acid groups (broad SMARTS) is 1. The third-order valence-electron chi connectivity index (χ3n) is 2.98. The van der Waals surface area contributed by atoms with Crippen molar-refractivity contribution < 1.29 is 9.90 Å². The molecule has 2 aromatic rings. The number of nitrogens with zero attached hydrogens (tertiary/aromatic N) is 1. The van der Waals surface area contributed by atoms with E-state index in [0.717, 1.165) is 33.5 Å². The molecule has 1 aliphatic rings. The van der Waals surface area contributed by atoms with Crippen LogP contribution in [0.3, 0.4) is 0 Å². The molecule has 0 atom stereocenters. The van der Waals surface area contributed by atoms with Crippen molar-refractivity contribution in [3.63, 3.8) is 0 Å². The van der Waals surface area contributed by atoms with Gasteiger partial charge in [-0.2, -0.15) is 11.8 Å². The molecule has 3 N–H and O–H groups in total. The van der Waals surface area contributed by atoms with Crippen LogP contribution in [0.2, 0.25) is 0 Å². The first kappa shape index (κ1) is 10.4. The molecule has 0 spiro atoms. The Labute approximate surface area is 102 Å². The quantitative estimate of drug-likeness (QED) is 0.807. The zero-order valence-electron chi connectivity index (χ0n) is 8.93. The lowest BCUT2D eigenvalue weighted by molar-refractivity contribution is 0.0697. The summed E-state index contributed by atoms with van der Waals surface area (Å²) in [6.07, 6.45) is 0. The topological polar surface area (TPSA) is 76.2 Å². The summed E-state index contributed by atoms with van der Waals surface area (Å²) in [6, 6.07) is 4.97. The number of carboxylic acids is 1. The number of rotatable bonds is 1. The molecule has 1 aromatic heterocycles. The van der Waals surface area contributed by atoms with E-state index in [1.807, 2.05) is 0 Å². The number of hydrogen-bond acceptors (Lipinski definition) is 4. The summed E-state index contributed by atoms with van der Waals surface area (Å²) in [6.45, 7) is 0. The maximum atomic E-state index is 11.0. The largest absolute Gasteiger partial charge is 0.478 e. The van der Waals surface area contributed by atoms with Gasteiger partial charge < -0.3 is 10.8 Å². The van der Waals surface area contributed by atoms with Crippen molar-refractivity contribution in [3.05, 3.63) is 34.9 Å². The van der Waals surface area contributed by atoms with Crippen LogP contribution in [0, 0.1) is 0 Å². The summed E-state index contributed by atoms with van der Waals surface area (Å²) in [5, 5.41) is 9.91. The van der Waals surface area contributed by atoms with Crippen LogP contribution in [-0.4, -0.2) is 16.1 Å². The van der Waals surface area contributed by atoms with Crippen molar-refractivity contribution >= 4 is 34.5 Å². The number of nitrogens with two attached hydrogens (primary N) is 1. The fraction of sp³-hybridized carbons (Fsp3) is 0.167. The van der Waals surface area contributed by atoms with E-state index in [1.165, 1.54) is 0 Å². The minimum atomic E-state index is -0.914. The van der Waals surface area contributed by atoms with Crippen LogP contribution in [0.15, 0.2) is 18.2 Å². The standard InChI is InChI=1S/C12H10N2O2S/c13-11-9-5-17-4-8(9)7-3-6(12(15)16)1-2-10(7)14-11/h1-3H,4-5H2,(H2,13,14)(H,15,16). The summed E-state index contributed by atoms with van der Waals surface area (Å²) in [5.41, 5.74) is 9.16. The number of hydrogen-bond donors (Lipinski definition) is 2. The van der Waals surface area contributed by atoms with E-state index in [2.05, 4.69) is 4.98 Å². The maximum Gasteiger partial charge on any atom is 0.335 e. The van der Waals surface area contributed by atoms with Crippen LogP contribution in [0.4, 0.5) is 5.82 Å². The number of aromatic carboxylic acids is 1. The van der Waals surface area contributed by atoms with Crippen molar-refractivity contribution in [2.45, 2.75) is 11.5 Å². The molecule has 0 fully saturated rings. The van der Waals surface area contributed by atoms with Gasteiger partial charge in [0, 0.05) is 22.5 Å². The third kappa shape index (κ3) is 1.54. The monoisotopic (exact) mass is 246 g/mol. The van der Waals surface area contributed by atoms with Crippen molar-refractivity contribution in [2.24, 2.45) is 0 Å². The van der Waals surface area contributed by atoms with Crippen molar-refractivity contribution in [1.82, 2.24) is 4.98 Å². The van der Waals surface area contributed by atoms with E-state index in [0.29, 0.717) is 11.4 Å². The highest BCUT2D eigenvalue weighted by Crippen LogP contribution is 2.37. The van der Waals surface area contributed by atoms with Crippen molar-refractivity contribution in [3.8, 4) is 0 Å². The van der Waals surface area contributed by atoms with Crippen LogP contribution in [0.5, 0.6) is 0 Å². The summed E-state index contributed by atoms with van der Waals surface area (Å²) < 4.78 is 0. The number of fused-ring (bicyclic) bond motifs is 3. The second-order valence-corrected chi connectivity index (χ2v) is 4.97. The lowest BCUT2D eigenvalue weighted by atomic mass is 10.0. The van der Waals surface area contributed by atoms with E-state index >= 15 is 0 Å². The molecule has 3 rings (SSSR count). The zero-order valence-corrected chi connectivity index (χ0v) is 9.75. The van der Waals surface area contributed by atoms with E-state index in [-0.39, 0.29) is 0 Å². The molecular formula is C12H10N2O2S. The van der Waals surface area contributed by atoms with Crippen LogP contribution in [-0.2, 0) is 11.5 Å². The molecule has 0 saturated carbocycles. The van der Waals surface area contributed by atoms with Gasteiger partial charge in [0.2, 0.25) is 0 Å². The lowest BCUT2D eigenvalue weighted by Crippen LogP contribution is -2.01. The minimum absolute atomic E-state index is 0.295. The maximum absolute atomic E-state index is 11.0. The SMILES string of the molecule is Nc1nc2ccc(C(=O)O)cc2c2c1CSC2. The first-order chi connectivity index (χ1) is 8.16. The third-order valence-corrected chi connectivity index (χ3v) is 3.96. The Morgan fingerprint density at radius 3 is 2.88 bits per heavy atom. The highest BCUT2D eigenvalue weighted by Gasteiger charge is 2.19. The number of aromatic nitrogens is 1. The molecular weight excluding hydrogens is 236 g/mol. The Balaban J connectivity index is 2.35. The number of benzene rings is 1. The Bertz CT molecular complexity index is 640. The first-order valence-electron chi connectivity index (χ1n) is 5.19. The fourth-order valence-corrected chi connectivity index (χ4v) is 3.27. The summed E-state index contributed by atoms with van der Waals surface area (Å²) in [4.78, 5) is 15.3. The summed E-state index contributed by atoms with van der Waals surface area (Å²) in [7, 11) is 0. The molecule has 0 saturated heterocycles. The number of carbonyl (C=O) groups is 1. The zero-order chi connectivity index (χ0) is 12.0. The smallest absolute Gasteiger partial charge is 0.335 e. The molecule has 0 unspecified atom stereocenters. The number of nitrogen functional groups attached to an aromatic ring is 1. The van der Waals surface area contributed by atoms with Gasteiger partial charge >= 0.3 is 5.97 Å². The molecule has 1 aromatic carbocycles. The van der Waals surface area contributed by atoms with Crippen LogP contribution in [0.25, 0.3) is 10.9 Å². The van der Waals surface area contributed by atoms with E-state index in [4.69, 9.17) is 10.8 Å². The van der Waals surface area contributed by atoms with Crippen LogP contribution < -0.4 is 5.73 Å². The van der Waals surface area contributed by atoms with Gasteiger partial charge in [-0.05, 0) is 23.8 Å². The van der Waals surface area contributed by atoms with Gasteiger partial charge in [0.25, 0.3) is 0 Å². The van der Waals surface area contributed by atoms with Crippen LogP contribution in [0.1, 0.15) is 21.5 Å². The van der Waals surface area contributed by atoms with Gasteiger partial charge in [-0.25, -0.2) is 9.78 Å². The van der Waals surface area contributed by atoms with E-state index in [9.17, 15) is 4.79 Å². The van der Waals surface area contributed by atoms with Gasteiger partial charge in [-0.3, -0.25) is 0 Å². The molecule has 4 nitrogen and oxygen atoms in total. The molecule has 86 valence electrons. The molecule has 1 aliphatic heterocycles. The molecule has 0 radical (unpaired) electrons. The number of anilines is 1. The summed E-state index contributed by atoms with van der Waals surface area (Å²) >= 11 is 1.78. The highest BCUT2D eigenvalue weighted by atomic mass is 32.2. The summed E-state index contributed by atoms with van der Waals surface area (Å²) in [5.74, 6) is 1.40. The van der Waals surface area contributed by atoms with Gasteiger partial charge in [0.1, 0.15) is 5.82 Å². The number of thioether (sulfide) groups is 1. The van der Waals surface area contributed by atoms with Crippen LogP contribution >= 0.6 is 11.8 Å².